The number of nitrogens with zero attached hydrogens (tertiary/aromatic N) is 3. The molecule has 194 valence electrons. The minimum atomic E-state index is -1.16. The number of para-hydroxylation sites is 1. The number of carbonyl (C=O) groups excluding carboxylic acids is 2. The Morgan fingerprint density at radius 3 is 2.39 bits per heavy atom. The minimum absolute atomic E-state index is 0.222. The first kappa shape index (κ1) is 25.3. The number of amides is 2. The quantitative estimate of drug-likeness (QED) is 0.369. The van der Waals surface area contributed by atoms with Crippen LogP contribution < -0.4 is 10.1 Å². The van der Waals surface area contributed by atoms with Crippen molar-refractivity contribution in [2.24, 2.45) is 0 Å². The van der Waals surface area contributed by atoms with Gasteiger partial charge in [0, 0.05) is 24.2 Å². The molecule has 7 nitrogen and oxygen atoms in total. The van der Waals surface area contributed by atoms with Gasteiger partial charge in [0.1, 0.15) is 17.0 Å². The summed E-state index contributed by atoms with van der Waals surface area (Å²) in [5, 5.41) is 7.78. The molecule has 1 atom stereocenters. The van der Waals surface area contributed by atoms with Crippen LogP contribution in [0.5, 0.6) is 5.75 Å². The highest BCUT2D eigenvalue weighted by Crippen LogP contribution is 2.32. The van der Waals surface area contributed by atoms with Crippen LogP contribution in [0.25, 0.3) is 11.3 Å². The largest absolute Gasteiger partial charge is 0.496 e. The van der Waals surface area contributed by atoms with Gasteiger partial charge in [0.15, 0.2) is 0 Å². The molecule has 38 heavy (non-hydrogen) atoms. The summed E-state index contributed by atoms with van der Waals surface area (Å²) in [5.41, 5.74) is 4.00. The fraction of sp³-hybridized carbons (Fsp3) is 0.258. The lowest BCUT2D eigenvalue weighted by Gasteiger charge is -2.43. The van der Waals surface area contributed by atoms with Crippen LogP contribution in [0.3, 0.4) is 0 Å². The number of fused-ring (bicyclic) bond motifs is 1. The van der Waals surface area contributed by atoms with Crippen LogP contribution in [0.15, 0.2) is 84.9 Å². The lowest BCUT2D eigenvalue weighted by molar-refractivity contribution is -0.133. The van der Waals surface area contributed by atoms with Crippen LogP contribution in [-0.2, 0) is 30.8 Å². The molecule has 2 amide bonds. The SMILES string of the molecule is CCc1ccc(CN2C(=O)c3cc(-c4ccccc4)nn3CC2(C)C(=O)NCc2ccccc2OC)cc1. The van der Waals surface area contributed by atoms with E-state index in [9.17, 15) is 9.59 Å². The molecule has 0 aliphatic carbocycles. The van der Waals surface area contributed by atoms with Gasteiger partial charge in [0.05, 0.1) is 19.3 Å². The molecule has 0 bridgehead atoms. The van der Waals surface area contributed by atoms with Gasteiger partial charge in [-0.3, -0.25) is 14.3 Å². The van der Waals surface area contributed by atoms with Crippen molar-refractivity contribution in [1.82, 2.24) is 20.0 Å². The Hall–Kier alpha value is -4.39. The van der Waals surface area contributed by atoms with Gasteiger partial charge >= 0.3 is 0 Å². The Balaban J connectivity index is 1.48. The number of benzene rings is 3. The second-order valence-corrected chi connectivity index (χ2v) is 9.77. The van der Waals surface area contributed by atoms with Gasteiger partial charge < -0.3 is 15.0 Å². The number of methoxy groups -OCH3 is 1. The second kappa shape index (κ2) is 10.5. The number of aromatic nitrogens is 2. The fourth-order valence-electron chi connectivity index (χ4n) is 4.92. The molecule has 1 aromatic heterocycles. The molecule has 1 aliphatic heterocycles. The third kappa shape index (κ3) is 4.79. The van der Waals surface area contributed by atoms with Crippen molar-refractivity contribution in [3.05, 3.63) is 107 Å². The van der Waals surface area contributed by atoms with Gasteiger partial charge in [-0.05, 0) is 36.6 Å². The van der Waals surface area contributed by atoms with E-state index in [4.69, 9.17) is 9.84 Å². The molecule has 0 spiro atoms. The predicted molar refractivity (Wildman–Crippen MR) is 147 cm³/mol. The lowest BCUT2D eigenvalue weighted by atomic mass is 9.93. The van der Waals surface area contributed by atoms with Crippen LogP contribution >= 0.6 is 0 Å². The van der Waals surface area contributed by atoms with Crippen molar-refractivity contribution in [2.75, 3.05) is 7.11 Å². The van der Waals surface area contributed by atoms with E-state index in [1.807, 2.05) is 79.7 Å². The smallest absolute Gasteiger partial charge is 0.273 e. The van der Waals surface area contributed by atoms with Crippen LogP contribution in [-0.4, -0.2) is 39.1 Å². The third-order valence-electron chi connectivity index (χ3n) is 7.26. The number of rotatable bonds is 8. The fourth-order valence-corrected chi connectivity index (χ4v) is 4.92. The summed E-state index contributed by atoms with van der Waals surface area (Å²) in [4.78, 5) is 29.5. The maximum Gasteiger partial charge on any atom is 0.273 e. The first-order valence-corrected chi connectivity index (χ1v) is 12.9. The second-order valence-electron chi connectivity index (χ2n) is 9.77. The van der Waals surface area contributed by atoms with Crippen molar-refractivity contribution in [2.45, 2.75) is 45.4 Å². The highest BCUT2D eigenvalue weighted by Gasteiger charge is 2.48. The molecule has 0 saturated heterocycles. The number of nitrogens with one attached hydrogen (secondary N) is 1. The van der Waals surface area contributed by atoms with Gasteiger partial charge in [-0.1, -0.05) is 79.7 Å². The average Bonchev–Trinajstić information content (AvgIpc) is 3.39. The monoisotopic (exact) mass is 508 g/mol. The van der Waals surface area contributed by atoms with E-state index in [1.165, 1.54) is 5.56 Å². The summed E-state index contributed by atoms with van der Waals surface area (Å²) < 4.78 is 7.12. The zero-order valence-electron chi connectivity index (χ0n) is 22.0. The van der Waals surface area contributed by atoms with E-state index in [1.54, 1.807) is 16.7 Å². The standard InChI is InChI=1S/C31H32N4O3/c1-4-22-14-16-23(17-15-22)20-34-29(36)27-18-26(24-10-6-5-7-11-24)33-35(27)21-31(34,2)30(37)32-19-25-12-8-9-13-28(25)38-3/h5-18H,4,19-21H2,1-3H3,(H,32,37). The maximum absolute atomic E-state index is 13.9. The molecule has 1 aliphatic rings. The van der Waals surface area contributed by atoms with E-state index >= 15 is 0 Å². The summed E-state index contributed by atoms with van der Waals surface area (Å²) in [7, 11) is 1.61. The molecule has 7 heteroatoms. The van der Waals surface area contributed by atoms with Crippen LogP contribution in [0.4, 0.5) is 0 Å². The number of carbonyl (C=O) groups is 2. The number of hydrogen-bond donors (Lipinski definition) is 1. The van der Waals surface area contributed by atoms with E-state index in [0.717, 1.165) is 23.1 Å². The maximum atomic E-state index is 13.9. The Labute approximate surface area is 223 Å². The Bertz CT molecular complexity index is 1450. The average molecular weight is 509 g/mol. The Morgan fingerprint density at radius 2 is 1.68 bits per heavy atom. The molecule has 5 rings (SSSR count). The summed E-state index contributed by atoms with van der Waals surface area (Å²) in [5.74, 6) is 0.234. The number of aryl methyl sites for hydroxylation is 1. The van der Waals surface area contributed by atoms with Gasteiger partial charge in [-0.15, -0.1) is 0 Å². The zero-order valence-corrected chi connectivity index (χ0v) is 22.0. The molecule has 0 fully saturated rings. The molecule has 0 saturated carbocycles. The van der Waals surface area contributed by atoms with Crippen LogP contribution in [0, 0.1) is 0 Å². The number of ether oxygens (including phenoxy) is 1. The van der Waals surface area contributed by atoms with Crippen LogP contribution in [0.2, 0.25) is 0 Å². The normalized spacial score (nSPS) is 16.7. The zero-order chi connectivity index (χ0) is 26.7. The topological polar surface area (TPSA) is 76.5 Å². The van der Waals surface area contributed by atoms with Crippen molar-refractivity contribution in [3.8, 4) is 17.0 Å². The molecular weight excluding hydrogens is 476 g/mol. The van der Waals surface area contributed by atoms with Crippen LogP contribution in [0.1, 0.15) is 41.0 Å². The first-order valence-electron chi connectivity index (χ1n) is 12.9. The van der Waals surface area contributed by atoms with Gasteiger partial charge in [-0.25, -0.2) is 0 Å². The molecule has 1 N–H and O–H groups in total. The van der Waals surface area contributed by atoms with Crippen molar-refractivity contribution in [3.63, 3.8) is 0 Å². The van der Waals surface area contributed by atoms with Crippen molar-refractivity contribution >= 4 is 11.8 Å². The van der Waals surface area contributed by atoms with E-state index in [2.05, 4.69) is 24.4 Å². The van der Waals surface area contributed by atoms with Gasteiger partial charge in [-0.2, -0.15) is 5.10 Å². The van der Waals surface area contributed by atoms with Crippen molar-refractivity contribution < 1.29 is 14.3 Å². The Kier molecular flexibility index (Phi) is 7.01. The summed E-state index contributed by atoms with van der Waals surface area (Å²) in [6.07, 6.45) is 0.938. The summed E-state index contributed by atoms with van der Waals surface area (Å²) >= 11 is 0. The highest BCUT2D eigenvalue weighted by atomic mass is 16.5. The summed E-state index contributed by atoms with van der Waals surface area (Å²) in [6.45, 7) is 4.76. The van der Waals surface area contributed by atoms with E-state index < -0.39 is 5.54 Å². The Morgan fingerprint density at radius 1 is 1.00 bits per heavy atom. The van der Waals surface area contributed by atoms with Gasteiger partial charge in [0.2, 0.25) is 5.91 Å². The minimum Gasteiger partial charge on any atom is -0.496 e. The molecule has 2 heterocycles. The van der Waals surface area contributed by atoms with Gasteiger partial charge in [0.25, 0.3) is 5.91 Å². The first-order chi connectivity index (χ1) is 18.4. The van der Waals surface area contributed by atoms with E-state index in [-0.39, 0.29) is 24.9 Å². The number of hydrogen-bond acceptors (Lipinski definition) is 4. The molecule has 4 aromatic rings. The summed E-state index contributed by atoms with van der Waals surface area (Å²) in [6, 6.07) is 27.3. The molecule has 3 aromatic carbocycles. The predicted octanol–water partition coefficient (Wildman–Crippen LogP) is 4.85. The highest BCUT2D eigenvalue weighted by molar-refractivity contribution is 6.00. The lowest BCUT2D eigenvalue weighted by Crippen LogP contribution is -2.63. The van der Waals surface area contributed by atoms with Crippen molar-refractivity contribution in [1.29, 1.82) is 0 Å². The van der Waals surface area contributed by atoms with E-state index in [0.29, 0.717) is 23.7 Å². The third-order valence-corrected chi connectivity index (χ3v) is 7.26. The molecule has 1 unspecified atom stereocenters. The molecular formula is C31H32N4O3. The molecule has 0 radical (unpaired) electrons.